The van der Waals surface area contributed by atoms with Gasteiger partial charge in [0, 0.05) is 19.2 Å². The molecule has 0 saturated carbocycles. The van der Waals surface area contributed by atoms with Crippen molar-refractivity contribution in [1.82, 2.24) is 9.97 Å². The van der Waals surface area contributed by atoms with Crippen LogP contribution in [0.1, 0.15) is 13.8 Å². The minimum atomic E-state index is 0.473. The molecule has 5 heteroatoms. The maximum atomic E-state index is 5.33. The molecule has 0 bridgehead atoms. The van der Waals surface area contributed by atoms with E-state index in [0.717, 1.165) is 12.4 Å². The lowest BCUT2D eigenvalue weighted by molar-refractivity contribution is 0.315. The van der Waals surface area contributed by atoms with Crippen LogP contribution in [0.25, 0.3) is 0 Å². The highest BCUT2D eigenvalue weighted by Crippen LogP contribution is 2.10. The summed E-state index contributed by atoms with van der Waals surface area (Å²) in [5, 5.41) is 3.20. The normalized spacial score (nSPS) is 10.4. The van der Waals surface area contributed by atoms with Gasteiger partial charge < -0.3 is 15.8 Å². The fourth-order valence-electron chi connectivity index (χ4n) is 0.987. The minimum absolute atomic E-state index is 0.473. The van der Waals surface area contributed by atoms with Gasteiger partial charge in [0.15, 0.2) is 0 Å². The van der Waals surface area contributed by atoms with E-state index in [1.807, 2.05) is 0 Å². The minimum Gasteiger partial charge on any atom is -0.476 e. The SMILES string of the molecule is CC(C)CNc1cc(OCCN)ncn1. The lowest BCUT2D eigenvalue weighted by Gasteiger charge is -2.09. The average molecular weight is 210 g/mol. The molecule has 0 atom stereocenters. The summed E-state index contributed by atoms with van der Waals surface area (Å²) in [6.07, 6.45) is 1.48. The highest BCUT2D eigenvalue weighted by Gasteiger charge is 1.99. The van der Waals surface area contributed by atoms with E-state index < -0.39 is 0 Å². The van der Waals surface area contributed by atoms with Gasteiger partial charge in [0.2, 0.25) is 5.88 Å². The van der Waals surface area contributed by atoms with Crippen LogP contribution in [-0.2, 0) is 0 Å². The number of anilines is 1. The average Bonchev–Trinajstić information content (AvgIpc) is 2.24. The molecule has 0 fully saturated rings. The van der Waals surface area contributed by atoms with Gasteiger partial charge in [-0.15, -0.1) is 0 Å². The summed E-state index contributed by atoms with van der Waals surface area (Å²) in [6, 6.07) is 1.78. The maximum Gasteiger partial charge on any atom is 0.218 e. The Morgan fingerprint density at radius 3 is 2.93 bits per heavy atom. The fraction of sp³-hybridized carbons (Fsp3) is 0.600. The van der Waals surface area contributed by atoms with E-state index in [0.29, 0.717) is 24.9 Å². The second-order valence-electron chi connectivity index (χ2n) is 3.65. The van der Waals surface area contributed by atoms with Crippen molar-refractivity contribution in [2.45, 2.75) is 13.8 Å². The van der Waals surface area contributed by atoms with E-state index in [4.69, 9.17) is 10.5 Å². The topological polar surface area (TPSA) is 73.1 Å². The van der Waals surface area contributed by atoms with Crippen molar-refractivity contribution in [2.24, 2.45) is 11.7 Å². The molecule has 0 spiro atoms. The summed E-state index contributed by atoms with van der Waals surface area (Å²) in [7, 11) is 0. The Bertz CT molecular complexity index is 291. The summed E-state index contributed by atoms with van der Waals surface area (Å²) in [6.45, 7) is 6.12. The van der Waals surface area contributed by atoms with Crippen molar-refractivity contribution < 1.29 is 4.74 Å². The number of hydrogen-bond acceptors (Lipinski definition) is 5. The summed E-state index contributed by atoms with van der Waals surface area (Å²) >= 11 is 0. The Morgan fingerprint density at radius 2 is 2.27 bits per heavy atom. The largest absolute Gasteiger partial charge is 0.476 e. The molecule has 0 amide bonds. The Kier molecular flexibility index (Phi) is 4.83. The second-order valence-corrected chi connectivity index (χ2v) is 3.65. The van der Waals surface area contributed by atoms with Crippen LogP contribution in [0, 0.1) is 5.92 Å². The molecule has 1 heterocycles. The van der Waals surface area contributed by atoms with Crippen LogP contribution in [0.2, 0.25) is 0 Å². The van der Waals surface area contributed by atoms with E-state index in [1.54, 1.807) is 6.07 Å². The molecule has 84 valence electrons. The third-order valence-electron chi connectivity index (χ3n) is 1.70. The van der Waals surface area contributed by atoms with Crippen molar-refractivity contribution >= 4 is 5.82 Å². The zero-order valence-corrected chi connectivity index (χ0v) is 9.23. The third kappa shape index (κ3) is 4.60. The van der Waals surface area contributed by atoms with Crippen molar-refractivity contribution in [3.8, 4) is 5.88 Å². The molecule has 1 aromatic heterocycles. The first-order chi connectivity index (χ1) is 7.22. The number of aromatic nitrogens is 2. The lowest BCUT2D eigenvalue weighted by atomic mass is 10.2. The number of hydrogen-bond donors (Lipinski definition) is 2. The molecular weight excluding hydrogens is 192 g/mol. The molecule has 0 aliphatic rings. The van der Waals surface area contributed by atoms with Gasteiger partial charge in [-0.05, 0) is 5.92 Å². The Labute approximate surface area is 90.1 Å². The van der Waals surface area contributed by atoms with E-state index in [-0.39, 0.29) is 0 Å². The molecule has 0 unspecified atom stereocenters. The zero-order chi connectivity index (χ0) is 11.1. The Morgan fingerprint density at radius 1 is 1.47 bits per heavy atom. The van der Waals surface area contributed by atoms with Gasteiger partial charge in [0.1, 0.15) is 18.8 Å². The van der Waals surface area contributed by atoms with Gasteiger partial charge in [-0.2, -0.15) is 0 Å². The van der Waals surface area contributed by atoms with Crippen LogP contribution in [0.5, 0.6) is 5.88 Å². The summed E-state index contributed by atoms with van der Waals surface area (Å²) in [4.78, 5) is 8.06. The van der Waals surface area contributed by atoms with E-state index >= 15 is 0 Å². The number of nitrogens with zero attached hydrogens (tertiary/aromatic N) is 2. The van der Waals surface area contributed by atoms with Crippen molar-refractivity contribution in [3.05, 3.63) is 12.4 Å². The molecule has 0 saturated heterocycles. The summed E-state index contributed by atoms with van der Waals surface area (Å²) in [5.74, 6) is 1.92. The van der Waals surface area contributed by atoms with Crippen LogP contribution >= 0.6 is 0 Å². The lowest BCUT2D eigenvalue weighted by Crippen LogP contribution is -2.12. The van der Waals surface area contributed by atoms with E-state index in [9.17, 15) is 0 Å². The fourth-order valence-corrected chi connectivity index (χ4v) is 0.987. The van der Waals surface area contributed by atoms with Gasteiger partial charge in [-0.1, -0.05) is 13.8 Å². The Hall–Kier alpha value is -1.36. The first-order valence-corrected chi connectivity index (χ1v) is 5.11. The van der Waals surface area contributed by atoms with Crippen LogP contribution < -0.4 is 15.8 Å². The van der Waals surface area contributed by atoms with Crippen LogP contribution in [-0.4, -0.2) is 29.7 Å². The summed E-state index contributed by atoms with van der Waals surface area (Å²) < 4.78 is 5.29. The van der Waals surface area contributed by atoms with Crippen LogP contribution in [0.15, 0.2) is 12.4 Å². The molecule has 1 aromatic rings. The van der Waals surface area contributed by atoms with Gasteiger partial charge in [-0.25, -0.2) is 9.97 Å². The molecule has 0 aliphatic heterocycles. The highest BCUT2D eigenvalue weighted by molar-refractivity contribution is 5.36. The Balaban J connectivity index is 2.50. The smallest absolute Gasteiger partial charge is 0.218 e. The van der Waals surface area contributed by atoms with E-state index in [2.05, 4.69) is 29.1 Å². The maximum absolute atomic E-state index is 5.33. The van der Waals surface area contributed by atoms with Crippen LogP contribution in [0.3, 0.4) is 0 Å². The molecule has 15 heavy (non-hydrogen) atoms. The van der Waals surface area contributed by atoms with Gasteiger partial charge >= 0.3 is 0 Å². The van der Waals surface area contributed by atoms with Crippen molar-refractivity contribution in [2.75, 3.05) is 25.0 Å². The predicted octanol–water partition coefficient (Wildman–Crippen LogP) is 0.882. The molecule has 0 radical (unpaired) electrons. The zero-order valence-electron chi connectivity index (χ0n) is 9.23. The number of nitrogens with two attached hydrogens (primary N) is 1. The van der Waals surface area contributed by atoms with Crippen LogP contribution in [0.4, 0.5) is 5.82 Å². The quantitative estimate of drug-likeness (QED) is 0.729. The first-order valence-electron chi connectivity index (χ1n) is 5.11. The number of rotatable bonds is 6. The molecule has 0 aliphatic carbocycles. The van der Waals surface area contributed by atoms with Gasteiger partial charge in [0.25, 0.3) is 0 Å². The highest BCUT2D eigenvalue weighted by atomic mass is 16.5. The summed E-state index contributed by atoms with van der Waals surface area (Å²) in [5.41, 5.74) is 5.33. The standard InChI is InChI=1S/C10H18N4O/c1-8(2)6-12-9-5-10(14-7-13-9)15-4-3-11/h5,7-8H,3-4,6,11H2,1-2H3,(H,12,13,14). The molecule has 3 N–H and O–H groups in total. The second kappa shape index (κ2) is 6.19. The van der Waals surface area contributed by atoms with Gasteiger partial charge in [-0.3, -0.25) is 0 Å². The van der Waals surface area contributed by atoms with Gasteiger partial charge in [0.05, 0.1) is 0 Å². The van der Waals surface area contributed by atoms with E-state index in [1.165, 1.54) is 6.33 Å². The first kappa shape index (κ1) is 11.7. The number of nitrogens with one attached hydrogen (secondary N) is 1. The van der Waals surface area contributed by atoms with Crippen molar-refractivity contribution in [1.29, 1.82) is 0 Å². The molecule has 0 aromatic carbocycles. The molecule has 1 rings (SSSR count). The third-order valence-corrected chi connectivity index (χ3v) is 1.70. The number of ether oxygens (including phenoxy) is 1. The predicted molar refractivity (Wildman–Crippen MR) is 59.9 cm³/mol. The van der Waals surface area contributed by atoms with Crippen molar-refractivity contribution in [3.63, 3.8) is 0 Å². The molecular formula is C10H18N4O. The molecule has 5 nitrogen and oxygen atoms in total. The monoisotopic (exact) mass is 210 g/mol.